The highest BCUT2D eigenvalue weighted by atomic mass is 35.5. The second kappa shape index (κ2) is 6.92. The van der Waals surface area contributed by atoms with Gasteiger partial charge in [0.15, 0.2) is 11.6 Å². The largest absolute Gasteiger partial charge is 0.480 e. The third-order valence-corrected chi connectivity index (χ3v) is 5.72. The number of imidazole rings is 1. The van der Waals surface area contributed by atoms with Gasteiger partial charge in [0.1, 0.15) is 5.75 Å². The first kappa shape index (κ1) is 18.5. The molecule has 1 N–H and O–H groups in total. The van der Waals surface area contributed by atoms with Gasteiger partial charge in [-0.2, -0.15) is 0 Å². The number of hydrogen-bond acceptors (Lipinski definition) is 5. The number of halogens is 1. The average molecular weight is 415 g/mol. The number of aromatic nitrogens is 2. The van der Waals surface area contributed by atoms with Crippen molar-refractivity contribution in [3.8, 4) is 5.75 Å². The summed E-state index contributed by atoms with van der Waals surface area (Å²) >= 11 is 7.47. The average Bonchev–Trinajstić information content (AvgIpc) is 3.11. The highest BCUT2D eigenvalue weighted by molar-refractivity contribution is 7.15. The maximum absolute atomic E-state index is 12.9. The highest BCUT2D eigenvalue weighted by Crippen LogP contribution is 2.26. The SMILES string of the molecule is Cc1cc2nc3s/c(=C\c4ccc(OCC(=O)O)c(Cl)c4)c(=O)n3c2cc1C. The molecular weight excluding hydrogens is 400 g/mol. The summed E-state index contributed by atoms with van der Waals surface area (Å²) < 4.78 is 7.28. The lowest BCUT2D eigenvalue weighted by molar-refractivity contribution is -0.139. The number of carbonyl (C=O) groups is 1. The number of nitrogens with zero attached hydrogens (tertiary/aromatic N) is 2. The van der Waals surface area contributed by atoms with Gasteiger partial charge >= 0.3 is 5.97 Å². The van der Waals surface area contributed by atoms with E-state index in [-0.39, 0.29) is 16.3 Å². The molecule has 0 unspecified atom stereocenters. The quantitative estimate of drug-likeness (QED) is 0.554. The van der Waals surface area contributed by atoms with Crippen molar-refractivity contribution in [1.29, 1.82) is 0 Å². The summed E-state index contributed by atoms with van der Waals surface area (Å²) in [4.78, 5) is 28.7. The molecule has 8 heteroatoms. The fourth-order valence-corrected chi connectivity index (χ4v) is 4.16. The van der Waals surface area contributed by atoms with Crippen LogP contribution in [0.5, 0.6) is 5.75 Å². The zero-order valence-electron chi connectivity index (χ0n) is 15.0. The second-order valence-corrected chi connectivity index (χ2v) is 7.86. The molecule has 4 rings (SSSR count). The molecule has 0 saturated heterocycles. The summed E-state index contributed by atoms with van der Waals surface area (Å²) in [5.41, 5.74) is 4.43. The fourth-order valence-electron chi connectivity index (χ4n) is 2.93. The van der Waals surface area contributed by atoms with E-state index in [4.69, 9.17) is 21.4 Å². The van der Waals surface area contributed by atoms with Crippen molar-refractivity contribution >= 4 is 51.0 Å². The standard InChI is InChI=1S/C20H15ClN2O4S/c1-10-5-14-15(6-11(10)2)23-19(26)17(28-20(23)22-14)8-12-3-4-16(13(21)7-12)27-9-18(24)25/h3-8H,9H2,1-2H3,(H,24,25)/b17-8-. The molecule has 0 fully saturated rings. The van der Waals surface area contributed by atoms with Crippen LogP contribution in [-0.2, 0) is 4.79 Å². The van der Waals surface area contributed by atoms with Crippen LogP contribution in [-0.4, -0.2) is 27.1 Å². The van der Waals surface area contributed by atoms with Crippen LogP contribution in [0.1, 0.15) is 16.7 Å². The number of ether oxygens (including phenoxy) is 1. The van der Waals surface area contributed by atoms with Crippen molar-refractivity contribution in [2.24, 2.45) is 0 Å². The third kappa shape index (κ3) is 3.23. The van der Waals surface area contributed by atoms with Gasteiger partial charge in [-0.25, -0.2) is 14.2 Å². The van der Waals surface area contributed by atoms with Gasteiger partial charge < -0.3 is 9.84 Å². The lowest BCUT2D eigenvalue weighted by Gasteiger charge is -2.05. The molecule has 0 spiro atoms. The predicted molar refractivity (Wildman–Crippen MR) is 110 cm³/mol. The van der Waals surface area contributed by atoms with E-state index in [1.807, 2.05) is 26.0 Å². The van der Waals surface area contributed by atoms with E-state index in [2.05, 4.69) is 4.98 Å². The van der Waals surface area contributed by atoms with E-state index in [0.717, 1.165) is 22.2 Å². The van der Waals surface area contributed by atoms with E-state index >= 15 is 0 Å². The Labute approximate surface area is 168 Å². The first-order valence-corrected chi connectivity index (χ1v) is 9.61. The normalized spacial score (nSPS) is 12.2. The predicted octanol–water partition coefficient (Wildman–Crippen LogP) is 3.19. The maximum atomic E-state index is 12.9. The van der Waals surface area contributed by atoms with Crippen LogP contribution < -0.4 is 14.8 Å². The summed E-state index contributed by atoms with van der Waals surface area (Å²) in [6.45, 7) is 3.56. The summed E-state index contributed by atoms with van der Waals surface area (Å²) in [5.74, 6) is -0.802. The minimum Gasteiger partial charge on any atom is -0.480 e. The van der Waals surface area contributed by atoms with Crippen molar-refractivity contribution in [2.45, 2.75) is 13.8 Å². The van der Waals surface area contributed by atoms with E-state index in [9.17, 15) is 9.59 Å². The third-order valence-electron chi connectivity index (χ3n) is 4.46. The number of fused-ring (bicyclic) bond motifs is 3. The summed E-state index contributed by atoms with van der Waals surface area (Å²) in [5, 5.41) is 8.96. The minimum absolute atomic E-state index is 0.131. The molecule has 4 aromatic rings. The number of rotatable bonds is 4. The van der Waals surface area contributed by atoms with Crippen molar-refractivity contribution in [2.75, 3.05) is 6.61 Å². The van der Waals surface area contributed by atoms with Crippen LogP contribution in [0.2, 0.25) is 5.02 Å². The Morgan fingerprint density at radius 3 is 2.75 bits per heavy atom. The highest BCUT2D eigenvalue weighted by Gasteiger charge is 2.12. The summed E-state index contributed by atoms with van der Waals surface area (Å²) in [6, 6.07) is 8.90. The Kier molecular flexibility index (Phi) is 4.56. The Hall–Kier alpha value is -2.90. The van der Waals surface area contributed by atoms with Gasteiger partial charge in [-0.1, -0.05) is 29.0 Å². The Balaban J connectivity index is 1.79. The van der Waals surface area contributed by atoms with Crippen molar-refractivity contribution in [1.82, 2.24) is 9.38 Å². The molecule has 6 nitrogen and oxygen atoms in total. The van der Waals surface area contributed by atoms with Crippen LogP contribution in [0.25, 0.3) is 22.1 Å². The maximum Gasteiger partial charge on any atom is 0.341 e. The van der Waals surface area contributed by atoms with Crippen LogP contribution in [0.15, 0.2) is 35.1 Å². The molecule has 0 saturated carbocycles. The Bertz CT molecular complexity index is 1360. The summed E-state index contributed by atoms with van der Waals surface area (Å²) in [6.07, 6.45) is 1.74. The zero-order valence-corrected chi connectivity index (χ0v) is 16.6. The van der Waals surface area contributed by atoms with E-state index in [0.29, 0.717) is 15.1 Å². The number of carboxylic acid groups (broad SMARTS) is 1. The monoisotopic (exact) mass is 414 g/mol. The number of thiazole rings is 1. The first-order chi connectivity index (χ1) is 13.3. The molecular formula is C20H15ClN2O4S. The number of hydrogen-bond donors (Lipinski definition) is 1. The van der Waals surface area contributed by atoms with Crippen LogP contribution >= 0.6 is 22.9 Å². The molecule has 0 atom stereocenters. The topological polar surface area (TPSA) is 80.9 Å². The summed E-state index contributed by atoms with van der Waals surface area (Å²) in [7, 11) is 0. The molecule has 0 aliphatic rings. The zero-order chi connectivity index (χ0) is 20.0. The molecule has 142 valence electrons. The molecule has 0 bridgehead atoms. The van der Waals surface area contributed by atoms with Crippen LogP contribution in [0.3, 0.4) is 0 Å². The van der Waals surface area contributed by atoms with E-state index in [1.165, 1.54) is 11.3 Å². The van der Waals surface area contributed by atoms with Crippen LogP contribution in [0.4, 0.5) is 0 Å². The molecule has 28 heavy (non-hydrogen) atoms. The Morgan fingerprint density at radius 2 is 2.04 bits per heavy atom. The van der Waals surface area contributed by atoms with Gasteiger partial charge in [-0.05, 0) is 60.9 Å². The van der Waals surface area contributed by atoms with Gasteiger partial charge in [-0.3, -0.25) is 4.79 Å². The Morgan fingerprint density at radius 1 is 1.29 bits per heavy atom. The van der Waals surface area contributed by atoms with E-state index < -0.39 is 12.6 Å². The smallest absolute Gasteiger partial charge is 0.341 e. The minimum atomic E-state index is -1.08. The van der Waals surface area contributed by atoms with Gasteiger partial charge in [-0.15, -0.1) is 0 Å². The lowest BCUT2D eigenvalue weighted by atomic mass is 10.1. The van der Waals surface area contributed by atoms with Gasteiger partial charge in [0.2, 0.25) is 0 Å². The molecule has 2 aromatic heterocycles. The first-order valence-electron chi connectivity index (χ1n) is 8.41. The van der Waals surface area contributed by atoms with Crippen molar-refractivity contribution in [3.05, 3.63) is 66.9 Å². The van der Waals surface area contributed by atoms with Gasteiger partial charge in [0, 0.05) is 0 Å². The molecule has 0 amide bonds. The molecule has 2 aromatic carbocycles. The number of aliphatic carboxylic acids is 1. The van der Waals surface area contributed by atoms with Crippen molar-refractivity contribution < 1.29 is 14.6 Å². The van der Waals surface area contributed by atoms with Gasteiger partial charge in [0.25, 0.3) is 5.56 Å². The van der Waals surface area contributed by atoms with Gasteiger partial charge in [0.05, 0.1) is 20.6 Å². The van der Waals surface area contributed by atoms with E-state index in [1.54, 1.807) is 28.7 Å². The lowest BCUT2D eigenvalue weighted by Crippen LogP contribution is -2.22. The number of carboxylic acids is 1. The molecule has 0 aliphatic carbocycles. The fraction of sp³-hybridized carbons (Fsp3) is 0.150. The molecule has 2 heterocycles. The molecule has 0 radical (unpaired) electrons. The number of benzene rings is 2. The van der Waals surface area contributed by atoms with Crippen molar-refractivity contribution in [3.63, 3.8) is 0 Å². The molecule has 0 aliphatic heterocycles. The van der Waals surface area contributed by atoms with Crippen LogP contribution in [0, 0.1) is 13.8 Å². The number of aryl methyl sites for hydroxylation is 2. The second-order valence-electron chi connectivity index (χ2n) is 6.44.